The van der Waals surface area contributed by atoms with Crippen molar-refractivity contribution in [1.82, 2.24) is 5.16 Å². The SMILES string of the molecule is NC(=NCc1noc2c1CCCC2)Nc1ccccc1. The van der Waals surface area contributed by atoms with E-state index in [-0.39, 0.29) is 0 Å². The van der Waals surface area contributed by atoms with Gasteiger partial charge in [0.2, 0.25) is 0 Å². The van der Waals surface area contributed by atoms with Crippen LogP contribution >= 0.6 is 0 Å². The minimum atomic E-state index is 0.392. The van der Waals surface area contributed by atoms with Crippen molar-refractivity contribution in [2.45, 2.75) is 32.2 Å². The first kappa shape index (κ1) is 12.7. The predicted molar refractivity (Wildman–Crippen MR) is 78.5 cm³/mol. The molecule has 0 atom stereocenters. The predicted octanol–water partition coefficient (Wildman–Crippen LogP) is 2.48. The molecule has 2 aromatic rings. The Kier molecular flexibility index (Phi) is 3.67. The van der Waals surface area contributed by atoms with Gasteiger partial charge in [0.15, 0.2) is 5.96 Å². The van der Waals surface area contributed by atoms with Crippen LogP contribution in [0.3, 0.4) is 0 Å². The minimum absolute atomic E-state index is 0.392. The van der Waals surface area contributed by atoms with E-state index in [1.807, 2.05) is 30.3 Å². The lowest BCUT2D eigenvalue weighted by Crippen LogP contribution is -2.22. The summed E-state index contributed by atoms with van der Waals surface area (Å²) in [5.74, 6) is 1.42. The second-order valence-corrected chi connectivity index (χ2v) is 4.93. The van der Waals surface area contributed by atoms with Crippen molar-refractivity contribution in [3.05, 3.63) is 47.3 Å². The topological polar surface area (TPSA) is 76.4 Å². The summed E-state index contributed by atoms with van der Waals surface area (Å²) in [6.45, 7) is 0.463. The number of aliphatic imine (C=N–C) groups is 1. The van der Waals surface area contributed by atoms with Crippen LogP contribution < -0.4 is 11.1 Å². The summed E-state index contributed by atoms with van der Waals surface area (Å²) in [6, 6.07) is 9.74. The van der Waals surface area contributed by atoms with Crippen LogP contribution in [0, 0.1) is 0 Å². The molecule has 1 aromatic heterocycles. The Morgan fingerprint density at radius 2 is 2.05 bits per heavy atom. The fourth-order valence-electron chi connectivity index (χ4n) is 2.44. The first-order valence-electron chi connectivity index (χ1n) is 6.91. The molecule has 1 aliphatic rings. The number of guanidine groups is 1. The van der Waals surface area contributed by atoms with E-state index in [0.717, 1.165) is 30.0 Å². The van der Waals surface area contributed by atoms with Crippen molar-refractivity contribution in [3.8, 4) is 0 Å². The smallest absolute Gasteiger partial charge is 0.193 e. The molecule has 0 aliphatic heterocycles. The van der Waals surface area contributed by atoms with Gasteiger partial charge in [-0.3, -0.25) is 0 Å². The number of fused-ring (bicyclic) bond motifs is 1. The molecule has 0 spiro atoms. The number of para-hydroxylation sites is 1. The van der Waals surface area contributed by atoms with Crippen molar-refractivity contribution < 1.29 is 4.52 Å². The molecule has 104 valence electrons. The van der Waals surface area contributed by atoms with Gasteiger partial charge in [-0.2, -0.15) is 0 Å². The van der Waals surface area contributed by atoms with Crippen LogP contribution in [0.2, 0.25) is 0 Å². The first-order valence-corrected chi connectivity index (χ1v) is 6.91. The normalized spacial score (nSPS) is 14.9. The number of nitrogens with one attached hydrogen (secondary N) is 1. The number of nitrogens with two attached hydrogens (primary N) is 1. The molecule has 0 amide bonds. The van der Waals surface area contributed by atoms with Gasteiger partial charge in [-0.1, -0.05) is 23.4 Å². The largest absolute Gasteiger partial charge is 0.370 e. The molecule has 0 saturated carbocycles. The van der Waals surface area contributed by atoms with E-state index >= 15 is 0 Å². The fourth-order valence-corrected chi connectivity index (χ4v) is 2.44. The van der Waals surface area contributed by atoms with Gasteiger partial charge in [0.1, 0.15) is 11.5 Å². The highest BCUT2D eigenvalue weighted by molar-refractivity contribution is 5.92. The van der Waals surface area contributed by atoms with Crippen LogP contribution in [0.4, 0.5) is 5.69 Å². The van der Waals surface area contributed by atoms with E-state index in [9.17, 15) is 0 Å². The maximum absolute atomic E-state index is 5.88. The van der Waals surface area contributed by atoms with Gasteiger partial charge in [0.25, 0.3) is 0 Å². The molecule has 1 aliphatic carbocycles. The maximum atomic E-state index is 5.88. The summed E-state index contributed by atoms with van der Waals surface area (Å²) in [6.07, 6.45) is 4.41. The molecule has 3 N–H and O–H groups in total. The zero-order chi connectivity index (χ0) is 13.8. The summed E-state index contributed by atoms with van der Waals surface area (Å²) >= 11 is 0. The van der Waals surface area contributed by atoms with Gasteiger partial charge in [-0.25, -0.2) is 4.99 Å². The van der Waals surface area contributed by atoms with Crippen LogP contribution in [-0.4, -0.2) is 11.1 Å². The highest BCUT2D eigenvalue weighted by atomic mass is 16.5. The lowest BCUT2D eigenvalue weighted by molar-refractivity contribution is 0.368. The first-order chi connectivity index (χ1) is 9.83. The molecule has 1 aromatic carbocycles. The second kappa shape index (κ2) is 5.77. The molecule has 0 radical (unpaired) electrons. The molecule has 3 rings (SSSR count). The van der Waals surface area contributed by atoms with Crippen LogP contribution in [0.15, 0.2) is 39.8 Å². The van der Waals surface area contributed by atoms with Gasteiger partial charge in [-0.05, 0) is 31.4 Å². The van der Waals surface area contributed by atoms with Gasteiger partial charge >= 0.3 is 0 Å². The zero-order valence-electron chi connectivity index (χ0n) is 11.3. The fraction of sp³-hybridized carbons (Fsp3) is 0.333. The standard InChI is InChI=1S/C15H18N4O/c16-15(18-11-6-2-1-3-7-11)17-10-13-12-8-4-5-9-14(12)20-19-13/h1-3,6-7H,4-5,8-10H2,(H3,16,17,18). The zero-order valence-corrected chi connectivity index (χ0v) is 11.3. The third-order valence-corrected chi connectivity index (χ3v) is 3.48. The molecule has 5 nitrogen and oxygen atoms in total. The van der Waals surface area contributed by atoms with Gasteiger partial charge in [0.05, 0.1) is 6.54 Å². The van der Waals surface area contributed by atoms with Crippen molar-refractivity contribution in [3.63, 3.8) is 0 Å². The Hall–Kier alpha value is -2.30. The van der Waals surface area contributed by atoms with E-state index in [0.29, 0.717) is 12.5 Å². The molecule has 0 fully saturated rings. The highest BCUT2D eigenvalue weighted by Crippen LogP contribution is 2.24. The van der Waals surface area contributed by atoms with Gasteiger partial charge in [-0.15, -0.1) is 0 Å². The number of aromatic nitrogens is 1. The van der Waals surface area contributed by atoms with Crippen molar-refractivity contribution >= 4 is 11.6 Å². The highest BCUT2D eigenvalue weighted by Gasteiger charge is 2.18. The Labute approximate surface area is 117 Å². The Bertz CT molecular complexity index is 604. The lowest BCUT2D eigenvalue weighted by Gasteiger charge is -2.08. The molecular weight excluding hydrogens is 252 g/mol. The number of aryl methyl sites for hydroxylation is 1. The number of anilines is 1. The molecule has 1 heterocycles. The monoisotopic (exact) mass is 270 g/mol. The summed E-state index contributed by atoms with van der Waals surface area (Å²) in [4.78, 5) is 4.33. The van der Waals surface area contributed by atoms with Gasteiger partial charge < -0.3 is 15.6 Å². The van der Waals surface area contributed by atoms with E-state index in [1.165, 1.54) is 18.4 Å². The minimum Gasteiger partial charge on any atom is -0.370 e. The lowest BCUT2D eigenvalue weighted by atomic mass is 9.96. The number of hydrogen-bond donors (Lipinski definition) is 2. The maximum Gasteiger partial charge on any atom is 0.193 e. The number of hydrogen-bond acceptors (Lipinski definition) is 3. The van der Waals surface area contributed by atoms with Crippen LogP contribution in [-0.2, 0) is 19.4 Å². The van der Waals surface area contributed by atoms with Crippen LogP contribution in [0.1, 0.15) is 29.9 Å². The third kappa shape index (κ3) is 2.82. The van der Waals surface area contributed by atoms with Crippen molar-refractivity contribution in [2.75, 3.05) is 5.32 Å². The summed E-state index contributed by atoms with van der Waals surface area (Å²) in [5.41, 5.74) is 8.95. The Morgan fingerprint density at radius 3 is 2.90 bits per heavy atom. The van der Waals surface area contributed by atoms with E-state index in [2.05, 4.69) is 15.5 Å². The number of benzene rings is 1. The Morgan fingerprint density at radius 1 is 1.25 bits per heavy atom. The Balaban J connectivity index is 1.66. The van der Waals surface area contributed by atoms with Crippen LogP contribution in [0.5, 0.6) is 0 Å². The van der Waals surface area contributed by atoms with Crippen molar-refractivity contribution in [1.29, 1.82) is 0 Å². The average molecular weight is 270 g/mol. The molecule has 5 heteroatoms. The second-order valence-electron chi connectivity index (χ2n) is 4.93. The number of nitrogens with zero attached hydrogens (tertiary/aromatic N) is 2. The van der Waals surface area contributed by atoms with Gasteiger partial charge in [0, 0.05) is 17.7 Å². The molecule has 20 heavy (non-hydrogen) atoms. The van der Waals surface area contributed by atoms with Crippen molar-refractivity contribution in [2.24, 2.45) is 10.7 Å². The average Bonchev–Trinajstić information content (AvgIpc) is 2.89. The summed E-state index contributed by atoms with van der Waals surface area (Å²) in [7, 11) is 0. The van der Waals surface area contributed by atoms with Crippen LogP contribution in [0.25, 0.3) is 0 Å². The third-order valence-electron chi connectivity index (χ3n) is 3.48. The van der Waals surface area contributed by atoms with E-state index in [4.69, 9.17) is 10.3 Å². The quantitative estimate of drug-likeness (QED) is 0.663. The van der Waals surface area contributed by atoms with E-state index in [1.54, 1.807) is 0 Å². The summed E-state index contributed by atoms with van der Waals surface area (Å²) < 4.78 is 5.36. The number of rotatable bonds is 3. The van der Waals surface area contributed by atoms with E-state index < -0.39 is 0 Å². The summed E-state index contributed by atoms with van der Waals surface area (Å²) in [5, 5.41) is 7.17. The molecule has 0 bridgehead atoms. The molecule has 0 saturated heterocycles. The molecular formula is C15H18N4O. The molecule has 0 unspecified atom stereocenters.